The summed E-state index contributed by atoms with van der Waals surface area (Å²) in [5.41, 5.74) is 2.70. The molecule has 0 aliphatic rings. The number of ether oxygens (including phenoxy) is 2. The highest BCUT2D eigenvalue weighted by Crippen LogP contribution is 2.33. The van der Waals surface area contributed by atoms with E-state index >= 15 is 0 Å². The van der Waals surface area contributed by atoms with Crippen LogP contribution in [0, 0.1) is 0 Å². The van der Waals surface area contributed by atoms with E-state index < -0.39 is 0 Å². The Morgan fingerprint density at radius 1 is 1.21 bits per heavy atom. The van der Waals surface area contributed by atoms with Gasteiger partial charge in [0.05, 0.1) is 14.2 Å². The van der Waals surface area contributed by atoms with Crippen molar-refractivity contribution in [2.24, 2.45) is 0 Å². The average molecular weight is 350 g/mol. The summed E-state index contributed by atoms with van der Waals surface area (Å²) in [7, 11) is 4.94. The molecule has 7 heteroatoms. The molecular weight excluding hydrogens is 328 g/mol. The highest BCUT2D eigenvalue weighted by Gasteiger charge is 2.20. The maximum atomic E-state index is 6.32. The third-order valence-electron chi connectivity index (χ3n) is 3.58. The van der Waals surface area contributed by atoms with Gasteiger partial charge in [0, 0.05) is 19.0 Å². The number of anilines is 1. The van der Waals surface area contributed by atoms with Crippen molar-refractivity contribution in [3.8, 4) is 22.9 Å². The zero-order chi connectivity index (χ0) is 17.7. The number of benzene rings is 1. The topological polar surface area (TPSA) is 81.9 Å². The predicted octanol–water partition coefficient (Wildman–Crippen LogP) is 2.20. The number of halogens is 1. The second-order valence-electron chi connectivity index (χ2n) is 5.16. The van der Waals surface area contributed by atoms with Crippen molar-refractivity contribution in [2.45, 2.75) is 19.8 Å². The van der Waals surface area contributed by atoms with E-state index in [4.69, 9.17) is 26.5 Å². The first-order chi connectivity index (χ1) is 11.5. The van der Waals surface area contributed by atoms with Gasteiger partial charge in [0.25, 0.3) is 0 Å². The zero-order valence-corrected chi connectivity index (χ0v) is 15.1. The molecular formula is C17H22ClN4O2+. The van der Waals surface area contributed by atoms with Crippen LogP contribution in [0.4, 0.5) is 5.69 Å². The first-order valence-corrected chi connectivity index (χ1v) is 8.02. The number of nitrogens with one attached hydrogen (secondary N) is 1. The van der Waals surface area contributed by atoms with E-state index in [0.29, 0.717) is 39.6 Å². The van der Waals surface area contributed by atoms with Crippen LogP contribution in [0.2, 0.25) is 5.15 Å². The van der Waals surface area contributed by atoms with Crippen LogP contribution in [0.1, 0.15) is 25.5 Å². The number of methoxy groups -OCH3 is 2. The largest absolute Gasteiger partial charge is 0.493 e. The maximum absolute atomic E-state index is 6.32. The fourth-order valence-electron chi connectivity index (χ4n) is 2.38. The molecule has 0 aliphatic carbocycles. The molecule has 1 heterocycles. The van der Waals surface area contributed by atoms with Crippen LogP contribution in [-0.4, -0.2) is 36.9 Å². The van der Waals surface area contributed by atoms with Crippen LogP contribution in [0.3, 0.4) is 0 Å². The molecule has 3 N–H and O–H groups in total. The highest BCUT2D eigenvalue weighted by molar-refractivity contribution is 6.33. The van der Waals surface area contributed by atoms with Crippen LogP contribution in [-0.2, 0) is 0 Å². The molecule has 2 rings (SSSR count). The van der Waals surface area contributed by atoms with Crippen molar-refractivity contribution < 1.29 is 14.9 Å². The van der Waals surface area contributed by atoms with Crippen molar-refractivity contribution in [3.05, 3.63) is 29.0 Å². The zero-order valence-electron chi connectivity index (χ0n) is 14.3. The summed E-state index contributed by atoms with van der Waals surface area (Å²) in [5, 5.41) is 9.53. The van der Waals surface area contributed by atoms with E-state index in [-0.39, 0.29) is 0 Å². The number of nitrogens with two attached hydrogens (primary N) is 1. The van der Waals surface area contributed by atoms with Gasteiger partial charge in [-0.15, -0.1) is 0 Å². The van der Waals surface area contributed by atoms with E-state index in [2.05, 4.69) is 22.2 Å². The van der Waals surface area contributed by atoms with Gasteiger partial charge in [-0.2, -0.15) is 0 Å². The van der Waals surface area contributed by atoms with Gasteiger partial charge in [-0.3, -0.25) is 5.41 Å². The maximum Gasteiger partial charge on any atom is 0.200 e. The monoisotopic (exact) mass is 349 g/mol. The minimum atomic E-state index is 0.325. The number of hydrogen-bond acceptors (Lipinski definition) is 5. The Labute approximate surface area is 146 Å². The van der Waals surface area contributed by atoms with Gasteiger partial charge in [-0.25, -0.2) is 9.97 Å². The minimum absolute atomic E-state index is 0.325. The summed E-state index contributed by atoms with van der Waals surface area (Å²) in [5.74, 6) is 1.71. The molecule has 0 radical (unpaired) electrons. The standard InChI is InChI=1S/C17H21ClN4O2/c1-5-6-11(19)14-15(20-2)16(18)22-17(21-14)10-7-8-12(23-3)13(9-10)24-4/h7-9,19-20H,5-6H2,1-4H3/p+1. The Morgan fingerprint density at radius 2 is 1.92 bits per heavy atom. The summed E-state index contributed by atoms with van der Waals surface area (Å²) in [4.78, 5) is 8.98. The van der Waals surface area contributed by atoms with Crippen molar-refractivity contribution >= 4 is 23.0 Å². The Balaban J connectivity index is 2.57. The molecule has 0 atom stereocenters. The van der Waals surface area contributed by atoms with Gasteiger partial charge >= 0.3 is 0 Å². The molecule has 6 nitrogen and oxygen atoms in total. The third kappa shape index (κ3) is 3.59. The second kappa shape index (κ2) is 7.97. The van der Waals surface area contributed by atoms with Crippen molar-refractivity contribution in [1.82, 2.24) is 9.97 Å². The van der Waals surface area contributed by atoms with Crippen LogP contribution < -0.4 is 20.2 Å². The van der Waals surface area contributed by atoms with Crippen LogP contribution in [0.15, 0.2) is 18.2 Å². The average Bonchev–Trinajstić information content (AvgIpc) is 2.60. The van der Waals surface area contributed by atoms with Gasteiger partial charge in [-0.1, -0.05) is 18.5 Å². The van der Waals surface area contributed by atoms with Crippen LogP contribution >= 0.6 is 11.6 Å². The fourth-order valence-corrected chi connectivity index (χ4v) is 2.64. The van der Waals surface area contributed by atoms with Crippen LogP contribution in [0.5, 0.6) is 11.5 Å². The number of aromatic nitrogens is 2. The smallest absolute Gasteiger partial charge is 0.200 e. The highest BCUT2D eigenvalue weighted by atomic mass is 35.5. The van der Waals surface area contributed by atoms with Gasteiger partial charge in [0.15, 0.2) is 28.2 Å². The van der Waals surface area contributed by atoms with E-state index in [1.54, 1.807) is 27.3 Å². The molecule has 0 amide bonds. The molecule has 0 spiro atoms. The van der Waals surface area contributed by atoms with Crippen molar-refractivity contribution in [2.75, 3.05) is 26.6 Å². The van der Waals surface area contributed by atoms with E-state index in [9.17, 15) is 0 Å². The molecule has 2 aromatic rings. The van der Waals surface area contributed by atoms with E-state index in [0.717, 1.165) is 18.4 Å². The quantitative estimate of drug-likeness (QED) is 0.591. The number of nitrogens with zero attached hydrogens (tertiary/aromatic N) is 2. The van der Waals surface area contributed by atoms with Crippen LogP contribution in [0.25, 0.3) is 11.4 Å². The lowest BCUT2D eigenvalue weighted by molar-refractivity contribution is -0.115. The summed E-state index contributed by atoms with van der Waals surface area (Å²) in [6.45, 7) is 2.06. The summed E-state index contributed by atoms with van der Waals surface area (Å²) in [6, 6.07) is 5.46. The molecule has 0 saturated carbocycles. The van der Waals surface area contributed by atoms with Gasteiger partial charge in [0.2, 0.25) is 5.71 Å². The Morgan fingerprint density at radius 3 is 2.50 bits per heavy atom. The Kier molecular flexibility index (Phi) is 5.98. The molecule has 1 aromatic heterocycles. The van der Waals surface area contributed by atoms with Gasteiger partial charge in [-0.05, 0) is 24.6 Å². The Hall–Kier alpha value is -2.34. The number of hydrogen-bond donors (Lipinski definition) is 2. The van der Waals surface area contributed by atoms with E-state index in [1.165, 1.54) is 0 Å². The number of rotatable bonds is 7. The minimum Gasteiger partial charge on any atom is -0.493 e. The molecule has 128 valence electrons. The Bertz CT molecular complexity index is 750. The lowest BCUT2D eigenvalue weighted by Crippen LogP contribution is -2.41. The van der Waals surface area contributed by atoms with Crippen molar-refractivity contribution in [3.63, 3.8) is 0 Å². The van der Waals surface area contributed by atoms with Gasteiger partial charge < -0.3 is 14.8 Å². The molecule has 0 saturated heterocycles. The second-order valence-corrected chi connectivity index (χ2v) is 5.51. The summed E-state index contributed by atoms with van der Waals surface area (Å²) in [6.07, 6.45) is 1.65. The molecule has 0 unspecified atom stereocenters. The summed E-state index contributed by atoms with van der Waals surface area (Å²) >= 11 is 6.32. The predicted molar refractivity (Wildman–Crippen MR) is 96.1 cm³/mol. The SMILES string of the molecule is CCCC(=[NH2+])c1nc(-c2ccc(OC)c(OC)c2)nc(Cl)c1NC. The molecule has 0 fully saturated rings. The summed E-state index contributed by atoms with van der Waals surface area (Å²) < 4.78 is 10.6. The lowest BCUT2D eigenvalue weighted by atomic mass is 10.1. The van der Waals surface area contributed by atoms with Crippen molar-refractivity contribution in [1.29, 1.82) is 0 Å². The van der Waals surface area contributed by atoms with E-state index in [1.807, 2.05) is 12.1 Å². The molecule has 1 aromatic carbocycles. The molecule has 0 aliphatic heterocycles. The first-order valence-electron chi connectivity index (χ1n) is 7.65. The normalized spacial score (nSPS) is 10.4. The lowest BCUT2D eigenvalue weighted by Gasteiger charge is -2.12. The molecule has 24 heavy (non-hydrogen) atoms. The first kappa shape index (κ1) is 18.0. The third-order valence-corrected chi connectivity index (χ3v) is 3.85. The fraction of sp³-hybridized carbons (Fsp3) is 0.353. The van der Waals surface area contributed by atoms with Gasteiger partial charge in [0.1, 0.15) is 5.69 Å². The molecule has 0 bridgehead atoms.